The summed E-state index contributed by atoms with van der Waals surface area (Å²) >= 11 is 7.28. The predicted molar refractivity (Wildman–Crippen MR) is 47.2 cm³/mol. The quantitative estimate of drug-likeness (QED) is 0.765. The Kier molecular flexibility index (Phi) is 1.82. The summed E-state index contributed by atoms with van der Waals surface area (Å²) in [7, 11) is 0. The van der Waals surface area contributed by atoms with Crippen LogP contribution in [0.3, 0.4) is 0 Å². The highest BCUT2D eigenvalue weighted by atomic mass is 35.5. The maximum Gasteiger partial charge on any atom is 0.189 e. The number of halogens is 1. The van der Waals surface area contributed by atoms with E-state index in [-0.39, 0.29) is 0 Å². The topological polar surface area (TPSA) is 54.5 Å². The number of aromatic nitrogens is 4. The van der Waals surface area contributed by atoms with Crippen LogP contribution < -0.4 is 0 Å². The second-order valence-electron chi connectivity index (χ2n) is 2.31. The first-order valence-electron chi connectivity index (χ1n) is 3.27. The summed E-state index contributed by atoms with van der Waals surface area (Å²) in [5.74, 6) is 0.671. The normalized spacial score (nSPS) is 10.5. The number of H-pyrrole nitrogens is 1. The molecule has 2 rings (SSSR count). The summed E-state index contributed by atoms with van der Waals surface area (Å²) in [4.78, 5) is 0.991. The smallest absolute Gasteiger partial charge is 0.189 e. The van der Waals surface area contributed by atoms with Gasteiger partial charge in [-0.1, -0.05) is 11.6 Å². The predicted octanol–water partition coefficient (Wildman–Crippen LogP) is 1.89. The van der Waals surface area contributed by atoms with Gasteiger partial charge in [-0.05, 0) is 29.0 Å². The number of hydrogen-bond acceptors (Lipinski definition) is 4. The van der Waals surface area contributed by atoms with Gasteiger partial charge in [0.15, 0.2) is 5.82 Å². The van der Waals surface area contributed by atoms with Crippen molar-refractivity contribution >= 4 is 22.9 Å². The van der Waals surface area contributed by atoms with Gasteiger partial charge in [-0.15, -0.1) is 16.4 Å². The molecule has 0 saturated carbocycles. The first-order chi connectivity index (χ1) is 5.77. The van der Waals surface area contributed by atoms with E-state index in [0.29, 0.717) is 5.82 Å². The number of nitrogens with zero attached hydrogens (tertiary/aromatic N) is 3. The number of tetrazole rings is 1. The summed E-state index contributed by atoms with van der Waals surface area (Å²) in [6.07, 6.45) is 0. The molecule has 0 radical (unpaired) electrons. The van der Waals surface area contributed by atoms with Gasteiger partial charge >= 0.3 is 0 Å². The lowest BCUT2D eigenvalue weighted by molar-refractivity contribution is 0.881. The van der Waals surface area contributed by atoms with E-state index in [1.54, 1.807) is 0 Å². The van der Waals surface area contributed by atoms with E-state index in [0.717, 1.165) is 14.8 Å². The van der Waals surface area contributed by atoms with E-state index in [1.165, 1.54) is 11.3 Å². The largest absolute Gasteiger partial charge is 0.238 e. The Morgan fingerprint density at radius 1 is 1.58 bits per heavy atom. The lowest BCUT2D eigenvalue weighted by atomic mass is 10.3. The van der Waals surface area contributed by atoms with Crippen molar-refractivity contribution in [3.8, 4) is 10.7 Å². The Morgan fingerprint density at radius 3 is 2.92 bits per heavy atom. The van der Waals surface area contributed by atoms with E-state index in [9.17, 15) is 0 Å². The Morgan fingerprint density at radius 2 is 2.42 bits per heavy atom. The van der Waals surface area contributed by atoms with E-state index in [2.05, 4.69) is 20.6 Å². The van der Waals surface area contributed by atoms with Gasteiger partial charge in [-0.3, -0.25) is 0 Å². The molecule has 0 fully saturated rings. The molecule has 0 amide bonds. The molecule has 4 nitrogen and oxygen atoms in total. The molecule has 2 heterocycles. The van der Waals surface area contributed by atoms with Crippen molar-refractivity contribution in [2.24, 2.45) is 0 Å². The molecule has 6 heteroatoms. The Balaban J connectivity index is 2.54. The SMILES string of the molecule is Cc1cc(Cl)sc1-c1nnn[nH]1. The summed E-state index contributed by atoms with van der Waals surface area (Å²) in [5.41, 5.74) is 1.09. The summed E-state index contributed by atoms with van der Waals surface area (Å²) in [5, 5.41) is 13.5. The maximum atomic E-state index is 5.82. The fourth-order valence-corrected chi connectivity index (χ4v) is 2.16. The van der Waals surface area contributed by atoms with Crippen molar-refractivity contribution in [2.45, 2.75) is 6.92 Å². The van der Waals surface area contributed by atoms with Crippen molar-refractivity contribution in [1.82, 2.24) is 20.6 Å². The Bertz CT molecular complexity index is 380. The molecule has 0 bridgehead atoms. The molecule has 2 aromatic rings. The third kappa shape index (κ3) is 1.21. The Hall–Kier alpha value is -0.940. The fraction of sp³-hybridized carbons (Fsp3) is 0.167. The molecule has 1 N–H and O–H groups in total. The highest BCUT2D eigenvalue weighted by Gasteiger charge is 2.09. The number of nitrogens with one attached hydrogen (secondary N) is 1. The van der Waals surface area contributed by atoms with Crippen LogP contribution in [-0.4, -0.2) is 20.6 Å². The van der Waals surface area contributed by atoms with Crippen LogP contribution in [-0.2, 0) is 0 Å². The highest BCUT2D eigenvalue weighted by Crippen LogP contribution is 2.32. The minimum Gasteiger partial charge on any atom is -0.238 e. The lowest BCUT2D eigenvalue weighted by Gasteiger charge is -1.88. The van der Waals surface area contributed by atoms with Crippen LogP contribution in [0.5, 0.6) is 0 Å². The molecule has 0 saturated heterocycles. The van der Waals surface area contributed by atoms with Crippen molar-refractivity contribution in [3.63, 3.8) is 0 Å². The van der Waals surface area contributed by atoms with Gasteiger partial charge < -0.3 is 0 Å². The Labute approximate surface area is 77.6 Å². The first kappa shape index (κ1) is 7.70. The van der Waals surface area contributed by atoms with Gasteiger partial charge in [0.1, 0.15) is 0 Å². The molecule has 0 aliphatic rings. The minimum absolute atomic E-state index is 0.671. The molecule has 0 spiro atoms. The molecule has 0 atom stereocenters. The average molecular weight is 201 g/mol. The third-order valence-corrected chi connectivity index (χ3v) is 2.82. The van der Waals surface area contributed by atoms with Crippen LogP contribution in [0.15, 0.2) is 6.07 Å². The van der Waals surface area contributed by atoms with Crippen LogP contribution >= 0.6 is 22.9 Å². The van der Waals surface area contributed by atoms with E-state index in [1.807, 2.05) is 13.0 Å². The highest BCUT2D eigenvalue weighted by molar-refractivity contribution is 7.19. The number of hydrogen-bond donors (Lipinski definition) is 1. The van der Waals surface area contributed by atoms with Crippen LogP contribution in [0.4, 0.5) is 0 Å². The van der Waals surface area contributed by atoms with Crippen molar-refractivity contribution in [2.75, 3.05) is 0 Å². The lowest BCUT2D eigenvalue weighted by Crippen LogP contribution is -1.77. The zero-order valence-electron chi connectivity index (χ0n) is 6.21. The van der Waals surface area contributed by atoms with E-state index < -0.39 is 0 Å². The van der Waals surface area contributed by atoms with Gasteiger partial charge in [-0.2, -0.15) is 0 Å². The number of rotatable bonds is 1. The van der Waals surface area contributed by atoms with Crippen LogP contribution in [0.1, 0.15) is 5.56 Å². The number of aromatic amines is 1. The number of aryl methyl sites for hydroxylation is 1. The van der Waals surface area contributed by atoms with E-state index in [4.69, 9.17) is 11.6 Å². The fourth-order valence-electron chi connectivity index (χ4n) is 0.934. The summed E-state index contributed by atoms with van der Waals surface area (Å²) in [6.45, 7) is 1.97. The first-order valence-corrected chi connectivity index (χ1v) is 4.47. The average Bonchev–Trinajstić information content (AvgIpc) is 2.58. The molecule has 2 aromatic heterocycles. The molecule has 12 heavy (non-hydrogen) atoms. The molecule has 0 unspecified atom stereocenters. The van der Waals surface area contributed by atoms with Gasteiger partial charge in [0.05, 0.1) is 9.21 Å². The van der Waals surface area contributed by atoms with Gasteiger partial charge in [0, 0.05) is 0 Å². The molecular weight excluding hydrogens is 196 g/mol. The zero-order chi connectivity index (χ0) is 8.55. The summed E-state index contributed by atoms with van der Waals surface area (Å²) < 4.78 is 0.749. The monoisotopic (exact) mass is 200 g/mol. The van der Waals surface area contributed by atoms with Gasteiger partial charge in [0.25, 0.3) is 0 Å². The van der Waals surface area contributed by atoms with Crippen molar-refractivity contribution < 1.29 is 0 Å². The molecule has 62 valence electrons. The van der Waals surface area contributed by atoms with Crippen LogP contribution in [0.25, 0.3) is 10.7 Å². The van der Waals surface area contributed by atoms with Crippen molar-refractivity contribution in [1.29, 1.82) is 0 Å². The second kappa shape index (κ2) is 2.84. The van der Waals surface area contributed by atoms with Crippen LogP contribution in [0, 0.1) is 6.92 Å². The second-order valence-corrected chi connectivity index (χ2v) is 4.00. The molecule has 0 aromatic carbocycles. The van der Waals surface area contributed by atoms with Gasteiger partial charge in [-0.25, -0.2) is 5.10 Å². The van der Waals surface area contributed by atoms with Gasteiger partial charge in [0.2, 0.25) is 0 Å². The molecule has 0 aliphatic heterocycles. The summed E-state index contributed by atoms with van der Waals surface area (Å²) in [6, 6.07) is 1.89. The number of thiophene rings is 1. The maximum absolute atomic E-state index is 5.82. The standard InChI is InChI=1S/C6H5ClN4S/c1-3-2-4(7)12-5(3)6-8-10-11-9-6/h2H,1H3,(H,8,9,10,11). The third-order valence-electron chi connectivity index (χ3n) is 1.45. The zero-order valence-corrected chi connectivity index (χ0v) is 7.78. The minimum atomic E-state index is 0.671. The van der Waals surface area contributed by atoms with E-state index >= 15 is 0 Å². The van der Waals surface area contributed by atoms with Crippen LogP contribution in [0.2, 0.25) is 4.34 Å². The van der Waals surface area contributed by atoms with Crippen molar-refractivity contribution in [3.05, 3.63) is 16.0 Å². The molecule has 0 aliphatic carbocycles. The molecular formula is C6H5ClN4S.